The van der Waals surface area contributed by atoms with Crippen molar-refractivity contribution in [2.45, 2.75) is 26.7 Å². The molecule has 112 valence electrons. The second-order valence-electron chi connectivity index (χ2n) is 5.32. The first-order valence-corrected chi connectivity index (χ1v) is 6.81. The first-order chi connectivity index (χ1) is 10.4. The van der Waals surface area contributed by atoms with Gasteiger partial charge >= 0.3 is 0 Å². The van der Waals surface area contributed by atoms with Crippen LogP contribution in [0.4, 0.5) is 11.5 Å². The molecule has 0 aliphatic carbocycles. The maximum Gasteiger partial charge on any atom is 0.270 e. The van der Waals surface area contributed by atoms with E-state index in [1.165, 1.54) is 12.1 Å². The zero-order chi connectivity index (χ0) is 16.4. The molecule has 0 unspecified atom stereocenters. The minimum Gasteiger partial charge on any atom is -0.383 e. The molecule has 0 spiro atoms. The molecule has 2 aromatic rings. The van der Waals surface area contributed by atoms with Gasteiger partial charge in [0.05, 0.1) is 4.92 Å². The number of aromatic nitrogens is 1. The second kappa shape index (κ2) is 5.82. The Labute approximate surface area is 128 Å². The molecular formula is C16H16N4O2. The lowest BCUT2D eigenvalue weighted by Gasteiger charge is -2.18. The molecule has 0 amide bonds. The van der Waals surface area contributed by atoms with E-state index >= 15 is 0 Å². The van der Waals surface area contributed by atoms with Gasteiger partial charge in [-0.05, 0) is 24.0 Å². The molecule has 0 saturated carbocycles. The van der Waals surface area contributed by atoms with Crippen LogP contribution in [0.3, 0.4) is 0 Å². The number of hydrogen-bond acceptors (Lipinski definition) is 5. The van der Waals surface area contributed by atoms with Gasteiger partial charge in [0, 0.05) is 23.4 Å². The summed E-state index contributed by atoms with van der Waals surface area (Å²) in [6.07, 6.45) is 0. The third kappa shape index (κ3) is 2.61. The summed E-state index contributed by atoms with van der Waals surface area (Å²) in [4.78, 5) is 14.8. The van der Waals surface area contributed by atoms with E-state index < -0.39 is 4.92 Å². The number of nitro benzene ring substituents is 1. The molecule has 0 fully saturated rings. The monoisotopic (exact) mass is 296 g/mol. The fourth-order valence-corrected chi connectivity index (χ4v) is 2.63. The van der Waals surface area contributed by atoms with E-state index in [-0.39, 0.29) is 23.0 Å². The number of nitriles is 1. The minimum atomic E-state index is -0.456. The Kier molecular flexibility index (Phi) is 4.08. The molecule has 2 rings (SSSR count). The molecule has 6 heteroatoms. The molecule has 22 heavy (non-hydrogen) atoms. The number of non-ortho nitro benzene ring substituents is 1. The summed E-state index contributed by atoms with van der Waals surface area (Å²) >= 11 is 0. The van der Waals surface area contributed by atoms with Crippen LogP contribution in [0.2, 0.25) is 0 Å². The lowest BCUT2D eigenvalue weighted by atomic mass is 9.88. The van der Waals surface area contributed by atoms with Crippen LogP contribution in [0.25, 0.3) is 11.1 Å². The van der Waals surface area contributed by atoms with E-state index in [2.05, 4.69) is 11.1 Å². The molecule has 0 aliphatic heterocycles. The van der Waals surface area contributed by atoms with E-state index in [1.807, 2.05) is 20.8 Å². The van der Waals surface area contributed by atoms with Crippen LogP contribution < -0.4 is 5.73 Å². The minimum absolute atomic E-state index is 0.0240. The Morgan fingerprint density at radius 2 is 2.09 bits per heavy atom. The van der Waals surface area contributed by atoms with Crippen LogP contribution in [0, 0.1) is 28.4 Å². The second-order valence-corrected chi connectivity index (χ2v) is 5.32. The number of anilines is 1. The predicted octanol–water partition coefficient (Wildman–Crippen LogP) is 3.54. The number of aryl methyl sites for hydroxylation is 1. The van der Waals surface area contributed by atoms with Crippen molar-refractivity contribution in [2.24, 2.45) is 0 Å². The third-order valence-corrected chi connectivity index (χ3v) is 3.49. The molecule has 0 atom stereocenters. The Morgan fingerprint density at radius 1 is 1.41 bits per heavy atom. The Hall–Kier alpha value is -2.94. The number of nitrogen functional groups attached to an aromatic ring is 1. The number of nitrogens with two attached hydrogens (primary N) is 1. The molecular weight excluding hydrogens is 280 g/mol. The van der Waals surface area contributed by atoms with Gasteiger partial charge in [0.25, 0.3) is 5.69 Å². The van der Waals surface area contributed by atoms with Crippen molar-refractivity contribution in [3.63, 3.8) is 0 Å². The van der Waals surface area contributed by atoms with Crippen LogP contribution in [-0.2, 0) is 0 Å². The molecule has 1 aromatic carbocycles. The quantitative estimate of drug-likeness (QED) is 0.688. The van der Waals surface area contributed by atoms with Gasteiger partial charge < -0.3 is 5.73 Å². The topological polar surface area (TPSA) is 106 Å². The summed E-state index contributed by atoms with van der Waals surface area (Å²) in [6.45, 7) is 5.80. The molecule has 2 N–H and O–H groups in total. The van der Waals surface area contributed by atoms with Gasteiger partial charge in [-0.1, -0.05) is 26.0 Å². The zero-order valence-corrected chi connectivity index (χ0v) is 12.6. The first-order valence-electron chi connectivity index (χ1n) is 6.81. The lowest BCUT2D eigenvalue weighted by Crippen LogP contribution is -2.07. The van der Waals surface area contributed by atoms with Crippen LogP contribution in [-0.4, -0.2) is 9.91 Å². The lowest BCUT2D eigenvalue weighted by molar-refractivity contribution is -0.384. The average Bonchev–Trinajstić information content (AvgIpc) is 2.46. The Morgan fingerprint density at radius 3 is 2.64 bits per heavy atom. The highest BCUT2D eigenvalue weighted by Gasteiger charge is 2.21. The molecule has 1 aromatic heterocycles. The van der Waals surface area contributed by atoms with Crippen molar-refractivity contribution in [3.05, 3.63) is 51.2 Å². The normalized spacial score (nSPS) is 10.5. The van der Waals surface area contributed by atoms with Gasteiger partial charge in [-0.15, -0.1) is 0 Å². The van der Waals surface area contributed by atoms with Crippen LogP contribution >= 0.6 is 0 Å². The van der Waals surface area contributed by atoms with Crippen molar-refractivity contribution in [1.29, 1.82) is 5.26 Å². The van der Waals surface area contributed by atoms with Gasteiger partial charge in [0.15, 0.2) is 0 Å². The summed E-state index contributed by atoms with van der Waals surface area (Å²) in [6, 6.07) is 8.30. The SMILES string of the molecule is Cc1nc(N)c(C#N)c(-c2cccc([N+](=O)[O-])c2)c1C(C)C. The maximum atomic E-state index is 11.0. The fraction of sp³-hybridized carbons (Fsp3) is 0.250. The highest BCUT2D eigenvalue weighted by atomic mass is 16.6. The van der Waals surface area contributed by atoms with E-state index in [4.69, 9.17) is 5.73 Å². The molecule has 0 bridgehead atoms. The fourth-order valence-electron chi connectivity index (χ4n) is 2.63. The molecule has 1 heterocycles. The number of nitro groups is 1. The largest absolute Gasteiger partial charge is 0.383 e. The number of nitrogens with zero attached hydrogens (tertiary/aromatic N) is 3. The summed E-state index contributed by atoms with van der Waals surface area (Å²) in [5, 5.41) is 20.4. The summed E-state index contributed by atoms with van der Waals surface area (Å²) in [7, 11) is 0. The zero-order valence-electron chi connectivity index (χ0n) is 12.6. The van der Waals surface area contributed by atoms with E-state index in [1.54, 1.807) is 12.1 Å². The van der Waals surface area contributed by atoms with Crippen LogP contribution in [0.15, 0.2) is 24.3 Å². The highest BCUT2D eigenvalue weighted by molar-refractivity contribution is 5.80. The molecule has 0 aliphatic rings. The Bertz CT molecular complexity index is 791. The molecule has 0 radical (unpaired) electrons. The van der Waals surface area contributed by atoms with Gasteiger partial charge in [-0.25, -0.2) is 4.98 Å². The average molecular weight is 296 g/mol. The van der Waals surface area contributed by atoms with E-state index in [9.17, 15) is 15.4 Å². The first kappa shape index (κ1) is 15.4. The van der Waals surface area contributed by atoms with Crippen molar-refractivity contribution >= 4 is 11.5 Å². The number of benzene rings is 1. The van der Waals surface area contributed by atoms with Gasteiger partial charge in [-0.3, -0.25) is 10.1 Å². The van der Waals surface area contributed by atoms with Crippen molar-refractivity contribution in [3.8, 4) is 17.2 Å². The number of hydrogen-bond donors (Lipinski definition) is 1. The summed E-state index contributed by atoms with van der Waals surface area (Å²) in [5.41, 5.74) is 8.95. The molecule has 0 saturated heterocycles. The molecule has 6 nitrogen and oxygen atoms in total. The van der Waals surface area contributed by atoms with Gasteiger partial charge in [-0.2, -0.15) is 5.26 Å². The van der Waals surface area contributed by atoms with Gasteiger partial charge in [0.2, 0.25) is 0 Å². The predicted molar refractivity (Wildman–Crippen MR) is 84.3 cm³/mol. The summed E-state index contributed by atoms with van der Waals surface area (Å²) in [5.74, 6) is 0.250. The van der Waals surface area contributed by atoms with Gasteiger partial charge in [0.1, 0.15) is 17.5 Å². The van der Waals surface area contributed by atoms with Crippen molar-refractivity contribution in [2.75, 3.05) is 5.73 Å². The van der Waals surface area contributed by atoms with Crippen LogP contribution in [0.5, 0.6) is 0 Å². The maximum absolute atomic E-state index is 11.0. The number of rotatable bonds is 3. The van der Waals surface area contributed by atoms with Crippen molar-refractivity contribution in [1.82, 2.24) is 4.98 Å². The number of pyridine rings is 1. The third-order valence-electron chi connectivity index (χ3n) is 3.49. The van der Waals surface area contributed by atoms with E-state index in [0.717, 1.165) is 11.3 Å². The highest BCUT2D eigenvalue weighted by Crippen LogP contribution is 2.37. The smallest absolute Gasteiger partial charge is 0.270 e. The standard InChI is InChI=1S/C16H16N4O2/c1-9(2)14-10(3)19-16(18)13(8-17)15(14)11-5-4-6-12(7-11)20(21)22/h4-7,9H,1-3H3,(H2,18,19). The summed E-state index contributed by atoms with van der Waals surface area (Å²) < 4.78 is 0. The Balaban J connectivity index is 2.87. The van der Waals surface area contributed by atoms with Crippen LogP contribution in [0.1, 0.15) is 36.6 Å². The van der Waals surface area contributed by atoms with Crippen molar-refractivity contribution < 1.29 is 4.92 Å². The van der Waals surface area contributed by atoms with E-state index in [0.29, 0.717) is 11.1 Å².